The van der Waals surface area contributed by atoms with Crippen molar-refractivity contribution in [2.75, 3.05) is 14.1 Å². The van der Waals surface area contributed by atoms with Gasteiger partial charge >= 0.3 is 0 Å². The van der Waals surface area contributed by atoms with Gasteiger partial charge < -0.3 is 4.90 Å². The normalized spacial score (nSPS) is 10.3. The molecule has 3 heteroatoms. The average molecular weight is 368 g/mol. The van der Waals surface area contributed by atoms with Crippen LogP contribution in [0.3, 0.4) is 0 Å². The minimum Gasteiger partial charge on any atom is -0.349 e. The largest absolute Gasteiger partial charge is 0.349 e. The number of amides is 1. The van der Waals surface area contributed by atoms with Gasteiger partial charge in [0.15, 0.2) is 0 Å². The number of nitriles is 1. The Kier molecular flexibility index (Phi) is 6.24. The fourth-order valence-corrected chi connectivity index (χ4v) is 3.34. The summed E-state index contributed by atoms with van der Waals surface area (Å²) in [6.45, 7) is 0. The standard InChI is InChI=1S/C25H24N2O/c1-27(2)25(28)13-7-10-19-8-3-5-11-23(19)20-14-16-21(17-15-20)24-12-6-4-9-22(24)18-26/h3-6,8-9,11-12,14-17H,7,10,13H2,1-2H3. The molecule has 3 nitrogen and oxygen atoms in total. The van der Waals surface area contributed by atoms with E-state index in [9.17, 15) is 10.1 Å². The lowest BCUT2D eigenvalue weighted by atomic mass is 9.93. The van der Waals surface area contributed by atoms with Gasteiger partial charge in [0.25, 0.3) is 0 Å². The first-order chi connectivity index (χ1) is 13.6. The van der Waals surface area contributed by atoms with Gasteiger partial charge in [0, 0.05) is 20.5 Å². The summed E-state index contributed by atoms with van der Waals surface area (Å²) in [5, 5.41) is 9.33. The third-order valence-corrected chi connectivity index (χ3v) is 4.91. The third-order valence-electron chi connectivity index (χ3n) is 4.91. The van der Waals surface area contributed by atoms with E-state index in [1.807, 2.05) is 36.4 Å². The van der Waals surface area contributed by atoms with E-state index in [0.29, 0.717) is 12.0 Å². The van der Waals surface area contributed by atoms with E-state index < -0.39 is 0 Å². The molecule has 0 N–H and O–H groups in total. The summed E-state index contributed by atoms with van der Waals surface area (Å²) >= 11 is 0. The van der Waals surface area contributed by atoms with Gasteiger partial charge in [-0.1, -0.05) is 66.7 Å². The van der Waals surface area contributed by atoms with E-state index in [-0.39, 0.29) is 5.91 Å². The van der Waals surface area contributed by atoms with Crippen LogP contribution < -0.4 is 0 Å². The van der Waals surface area contributed by atoms with Crippen molar-refractivity contribution in [3.05, 3.63) is 83.9 Å². The van der Waals surface area contributed by atoms with E-state index in [1.165, 1.54) is 11.1 Å². The van der Waals surface area contributed by atoms with Crippen molar-refractivity contribution in [1.82, 2.24) is 4.90 Å². The molecule has 0 bridgehead atoms. The first-order valence-corrected chi connectivity index (χ1v) is 9.48. The van der Waals surface area contributed by atoms with Crippen LogP contribution >= 0.6 is 0 Å². The lowest BCUT2D eigenvalue weighted by molar-refractivity contribution is -0.128. The van der Waals surface area contributed by atoms with Crippen LogP contribution in [0.4, 0.5) is 0 Å². The van der Waals surface area contributed by atoms with Gasteiger partial charge in [-0.15, -0.1) is 0 Å². The molecular formula is C25H24N2O. The average Bonchev–Trinajstić information content (AvgIpc) is 2.74. The summed E-state index contributed by atoms with van der Waals surface area (Å²) in [6.07, 6.45) is 2.27. The van der Waals surface area contributed by atoms with Gasteiger partial charge in [-0.25, -0.2) is 0 Å². The van der Waals surface area contributed by atoms with Crippen molar-refractivity contribution in [3.8, 4) is 28.3 Å². The molecule has 0 aromatic heterocycles. The van der Waals surface area contributed by atoms with Crippen LogP contribution in [0, 0.1) is 11.3 Å². The molecular weight excluding hydrogens is 344 g/mol. The number of hydrogen-bond acceptors (Lipinski definition) is 2. The van der Waals surface area contributed by atoms with Crippen LogP contribution in [-0.2, 0) is 11.2 Å². The highest BCUT2D eigenvalue weighted by Gasteiger charge is 2.09. The lowest BCUT2D eigenvalue weighted by Gasteiger charge is -2.12. The Labute approximate surface area is 166 Å². The molecule has 1 amide bonds. The second-order valence-corrected chi connectivity index (χ2v) is 7.03. The minimum absolute atomic E-state index is 0.165. The molecule has 0 atom stereocenters. The summed E-state index contributed by atoms with van der Waals surface area (Å²) in [7, 11) is 3.59. The highest BCUT2D eigenvalue weighted by molar-refractivity contribution is 5.76. The van der Waals surface area contributed by atoms with Gasteiger partial charge in [-0.05, 0) is 46.7 Å². The smallest absolute Gasteiger partial charge is 0.222 e. The van der Waals surface area contributed by atoms with Crippen LogP contribution in [0.2, 0.25) is 0 Å². The molecule has 0 aliphatic rings. The fraction of sp³-hybridized carbons (Fsp3) is 0.200. The Balaban J connectivity index is 1.81. The zero-order valence-electron chi connectivity index (χ0n) is 16.4. The molecule has 3 aromatic carbocycles. The highest BCUT2D eigenvalue weighted by Crippen LogP contribution is 2.29. The minimum atomic E-state index is 0.165. The first-order valence-electron chi connectivity index (χ1n) is 9.48. The van der Waals surface area contributed by atoms with E-state index in [4.69, 9.17) is 0 Å². The lowest BCUT2D eigenvalue weighted by Crippen LogP contribution is -2.21. The van der Waals surface area contributed by atoms with Gasteiger partial charge in [-0.3, -0.25) is 4.79 Å². The molecule has 140 valence electrons. The maximum absolute atomic E-state index is 11.8. The van der Waals surface area contributed by atoms with Gasteiger partial charge in [0.2, 0.25) is 5.91 Å². The van der Waals surface area contributed by atoms with Gasteiger partial charge in [0.05, 0.1) is 11.6 Å². The fourth-order valence-electron chi connectivity index (χ4n) is 3.34. The quantitative estimate of drug-likeness (QED) is 0.592. The molecule has 0 aliphatic heterocycles. The molecule has 0 saturated carbocycles. The van der Waals surface area contributed by atoms with Gasteiger partial charge in [-0.2, -0.15) is 5.26 Å². The Hall–Kier alpha value is -3.38. The molecule has 0 radical (unpaired) electrons. The number of carbonyl (C=O) groups is 1. The maximum Gasteiger partial charge on any atom is 0.222 e. The Morgan fingerprint density at radius 3 is 2.07 bits per heavy atom. The third kappa shape index (κ3) is 4.47. The van der Waals surface area contributed by atoms with E-state index in [2.05, 4.69) is 42.5 Å². The summed E-state index contributed by atoms with van der Waals surface area (Å²) in [4.78, 5) is 13.5. The summed E-state index contributed by atoms with van der Waals surface area (Å²) in [5.41, 5.74) is 6.26. The highest BCUT2D eigenvalue weighted by atomic mass is 16.2. The Bertz CT molecular complexity index is 998. The van der Waals surface area contributed by atoms with Crippen LogP contribution in [0.1, 0.15) is 24.0 Å². The molecule has 0 unspecified atom stereocenters. The predicted molar refractivity (Wildman–Crippen MR) is 114 cm³/mol. The summed E-state index contributed by atoms with van der Waals surface area (Å²) in [6, 6.07) is 26.6. The van der Waals surface area contributed by atoms with E-state index >= 15 is 0 Å². The van der Waals surface area contributed by atoms with Crippen molar-refractivity contribution in [2.24, 2.45) is 0 Å². The maximum atomic E-state index is 11.8. The molecule has 3 rings (SSSR count). The van der Waals surface area contributed by atoms with E-state index in [1.54, 1.807) is 19.0 Å². The van der Waals surface area contributed by atoms with Crippen LogP contribution in [0.15, 0.2) is 72.8 Å². The summed E-state index contributed by atoms with van der Waals surface area (Å²) in [5.74, 6) is 0.165. The number of carbonyl (C=O) groups excluding carboxylic acids is 1. The SMILES string of the molecule is CN(C)C(=O)CCCc1ccccc1-c1ccc(-c2ccccc2C#N)cc1. The number of hydrogen-bond donors (Lipinski definition) is 0. The first kappa shape index (κ1) is 19.4. The van der Waals surface area contributed by atoms with Gasteiger partial charge in [0.1, 0.15) is 0 Å². The van der Waals surface area contributed by atoms with E-state index in [0.717, 1.165) is 29.5 Å². The van der Waals surface area contributed by atoms with Crippen molar-refractivity contribution in [2.45, 2.75) is 19.3 Å². The Morgan fingerprint density at radius 2 is 1.43 bits per heavy atom. The van der Waals surface area contributed by atoms with Crippen LogP contribution in [0.25, 0.3) is 22.3 Å². The number of nitrogens with zero attached hydrogens (tertiary/aromatic N) is 2. The zero-order chi connectivity index (χ0) is 19.9. The van der Waals surface area contributed by atoms with Crippen molar-refractivity contribution in [3.63, 3.8) is 0 Å². The van der Waals surface area contributed by atoms with Crippen molar-refractivity contribution in [1.29, 1.82) is 5.26 Å². The number of aryl methyl sites for hydroxylation is 1. The second-order valence-electron chi connectivity index (χ2n) is 7.03. The second kappa shape index (κ2) is 9.01. The van der Waals surface area contributed by atoms with Crippen LogP contribution in [0.5, 0.6) is 0 Å². The summed E-state index contributed by atoms with van der Waals surface area (Å²) < 4.78 is 0. The monoisotopic (exact) mass is 368 g/mol. The number of benzene rings is 3. The van der Waals surface area contributed by atoms with Crippen LogP contribution in [-0.4, -0.2) is 24.9 Å². The van der Waals surface area contributed by atoms with Crippen molar-refractivity contribution < 1.29 is 4.79 Å². The molecule has 0 fully saturated rings. The molecule has 0 heterocycles. The molecule has 0 aliphatic carbocycles. The molecule has 0 saturated heterocycles. The topological polar surface area (TPSA) is 44.1 Å². The molecule has 0 spiro atoms. The van der Waals surface area contributed by atoms with Crippen molar-refractivity contribution >= 4 is 5.91 Å². The number of rotatable bonds is 6. The zero-order valence-corrected chi connectivity index (χ0v) is 16.4. The molecule has 28 heavy (non-hydrogen) atoms. The molecule has 3 aromatic rings. The predicted octanol–water partition coefficient (Wildman–Crippen LogP) is 5.30. The Morgan fingerprint density at radius 1 is 0.857 bits per heavy atom.